The molecule has 1 aromatic heterocycles. The van der Waals surface area contributed by atoms with E-state index in [1.54, 1.807) is 36.5 Å². The smallest absolute Gasteiger partial charge is 0.271 e. The van der Waals surface area contributed by atoms with Crippen LogP contribution in [0.25, 0.3) is 0 Å². The molecule has 0 radical (unpaired) electrons. The number of hydrogen-bond donors (Lipinski definition) is 2. The van der Waals surface area contributed by atoms with E-state index in [2.05, 4.69) is 16.5 Å². The van der Waals surface area contributed by atoms with E-state index in [0.29, 0.717) is 33.8 Å². The zero-order valence-electron chi connectivity index (χ0n) is 18.0. The third-order valence-corrected chi connectivity index (χ3v) is 6.64. The lowest BCUT2D eigenvalue weighted by Crippen LogP contribution is -2.49. The summed E-state index contributed by atoms with van der Waals surface area (Å²) in [5, 5.41) is 12.0. The third-order valence-electron chi connectivity index (χ3n) is 5.81. The Hall–Kier alpha value is -3.34. The van der Waals surface area contributed by atoms with Gasteiger partial charge in [0.1, 0.15) is 5.82 Å². The molecule has 9 heteroatoms. The van der Waals surface area contributed by atoms with Crippen LogP contribution >= 0.6 is 23.2 Å². The van der Waals surface area contributed by atoms with E-state index in [-0.39, 0.29) is 34.0 Å². The number of nitriles is 1. The first-order chi connectivity index (χ1) is 15.6. The van der Waals surface area contributed by atoms with Crippen molar-refractivity contribution in [1.82, 2.24) is 15.4 Å². The van der Waals surface area contributed by atoms with Gasteiger partial charge in [-0.3, -0.25) is 20.0 Å². The quantitative estimate of drug-likeness (QED) is 0.668. The van der Waals surface area contributed by atoms with Crippen LogP contribution in [0.15, 0.2) is 65.4 Å². The third kappa shape index (κ3) is 4.08. The minimum absolute atomic E-state index is 0.0278. The summed E-state index contributed by atoms with van der Waals surface area (Å²) in [7, 11) is 0. The fraction of sp³-hybridized carbons (Fsp3) is 0.250. The maximum atomic E-state index is 13.4. The predicted octanol–water partition coefficient (Wildman–Crippen LogP) is 4.47. The van der Waals surface area contributed by atoms with E-state index >= 15 is 0 Å². The molecule has 33 heavy (non-hydrogen) atoms. The second-order valence-corrected chi connectivity index (χ2v) is 9.59. The van der Waals surface area contributed by atoms with Gasteiger partial charge in [0.05, 0.1) is 38.9 Å². The van der Waals surface area contributed by atoms with E-state index in [9.17, 15) is 14.9 Å². The molecule has 1 aromatic carbocycles. The number of hydrazine groups is 1. The SMILES string of the molecule is CC1(C)CC(=O)C2=C(C1)N(NC(=O)c1cccnc1)C(N)=C(C#N)C2c1cccc(Cl)c1Cl. The highest BCUT2D eigenvalue weighted by atomic mass is 35.5. The van der Waals surface area contributed by atoms with Crippen molar-refractivity contribution in [3.8, 4) is 6.07 Å². The summed E-state index contributed by atoms with van der Waals surface area (Å²) in [4.78, 5) is 30.3. The second kappa shape index (κ2) is 8.54. The van der Waals surface area contributed by atoms with Crippen LogP contribution in [0.4, 0.5) is 0 Å². The Balaban J connectivity index is 1.90. The van der Waals surface area contributed by atoms with Gasteiger partial charge in [0.15, 0.2) is 5.78 Å². The minimum Gasteiger partial charge on any atom is -0.383 e. The van der Waals surface area contributed by atoms with Crippen LogP contribution in [0.1, 0.15) is 48.5 Å². The second-order valence-electron chi connectivity index (χ2n) is 8.81. The van der Waals surface area contributed by atoms with Crippen LogP contribution in [0.5, 0.6) is 0 Å². The number of ketones is 1. The molecule has 1 amide bonds. The van der Waals surface area contributed by atoms with E-state index < -0.39 is 11.8 Å². The molecule has 0 spiro atoms. The Labute approximate surface area is 201 Å². The number of carbonyl (C=O) groups excluding carboxylic acids is 2. The molecule has 0 bridgehead atoms. The fourth-order valence-corrected chi connectivity index (χ4v) is 4.77. The van der Waals surface area contributed by atoms with Gasteiger partial charge in [0.2, 0.25) is 0 Å². The summed E-state index contributed by atoms with van der Waals surface area (Å²) in [6.45, 7) is 3.94. The topological polar surface area (TPSA) is 112 Å². The van der Waals surface area contributed by atoms with E-state index in [4.69, 9.17) is 28.9 Å². The molecule has 2 heterocycles. The predicted molar refractivity (Wildman–Crippen MR) is 125 cm³/mol. The standard InChI is InChI=1S/C24H21Cl2N5O2/c1-24(2)9-17-20(18(32)10-24)19(14-6-3-7-16(25)21(14)26)15(11-27)22(28)31(17)30-23(33)13-5-4-8-29-12-13/h3-8,12,19H,9-10,28H2,1-2H3,(H,30,33). The van der Waals surface area contributed by atoms with Gasteiger partial charge in [-0.05, 0) is 35.6 Å². The maximum absolute atomic E-state index is 13.4. The number of benzene rings is 1. The van der Waals surface area contributed by atoms with Crippen molar-refractivity contribution in [2.75, 3.05) is 0 Å². The zero-order valence-corrected chi connectivity index (χ0v) is 19.5. The largest absolute Gasteiger partial charge is 0.383 e. The summed E-state index contributed by atoms with van der Waals surface area (Å²) in [6.07, 6.45) is 3.71. The Morgan fingerprint density at radius 1 is 1.27 bits per heavy atom. The number of nitrogens with two attached hydrogens (primary N) is 1. The van der Waals surface area contributed by atoms with Crippen molar-refractivity contribution >= 4 is 34.9 Å². The first-order valence-electron chi connectivity index (χ1n) is 10.3. The molecule has 168 valence electrons. The first kappa shape index (κ1) is 22.8. The highest BCUT2D eigenvalue weighted by Crippen LogP contribution is 2.50. The van der Waals surface area contributed by atoms with Crippen LogP contribution < -0.4 is 11.2 Å². The lowest BCUT2D eigenvalue weighted by Gasteiger charge is -2.43. The van der Waals surface area contributed by atoms with Gasteiger partial charge >= 0.3 is 0 Å². The van der Waals surface area contributed by atoms with Crippen molar-refractivity contribution in [1.29, 1.82) is 5.26 Å². The van der Waals surface area contributed by atoms with E-state index in [0.717, 1.165) is 0 Å². The van der Waals surface area contributed by atoms with Gasteiger partial charge in [-0.15, -0.1) is 0 Å². The van der Waals surface area contributed by atoms with Crippen LogP contribution in [-0.4, -0.2) is 21.7 Å². The Kier molecular flexibility index (Phi) is 5.91. The Morgan fingerprint density at radius 3 is 2.70 bits per heavy atom. The van der Waals surface area contributed by atoms with Crippen molar-refractivity contribution in [2.24, 2.45) is 11.1 Å². The van der Waals surface area contributed by atoms with Gasteiger partial charge in [-0.2, -0.15) is 5.26 Å². The molecule has 2 aromatic rings. The number of allylic oxidation sites excluding steroid dienone is 3. The number of halogens is 2. The van der Waals surface area contributed by atoms with Gasteiger partial charge in [0, 0.05) is 24.4 Å². The van der Waals surface area contributed by atoms with Gasteiger partial charge in [0.25, 0.3) is 5.91 Å². The minimum atomic E-state index is -0.786. The molecule has 0 saturated heterocycles. The monoisotopic (exact) mass is 481 g/mol. The van der Waals surface area contributed by atoms with Gasteiger partial charge in [-0.1, -0.05) is 49.2 Å². The molecule has 4 rings (SSSR count). The lowest BCUT2D eigenvalue weighted by atomic mass is 9.69. The average molecular weight is 482 g/mol. The molecular formula is C24H21Cl2N5O2. The van der Waals surface area contributed by atoms with Crippen LogP contribution in [0, 0.1) is 16.7 Å². The number of nitrogens with zero attached hydrogens (tertiary/aromatic N) is 3. The normalized spacial score (nSPS) is 19.8. The average Bonchev–Trinajstić information content (AvgIpc) is 2.77. The number of aromatic nitrogens is 1. The van der Waals surface area contributed by atoms with Crippen LogP contribution in [0.3, 0.4) is 0 Å². The molecule has 1 atom stereocenters. The number of carbonyl (C=O) groups is 2. The fourth-order valence-electron chi connectivity index (χ4n) is 4.35. The number of Topliss-reactive ketones (excluding diaryl/α,β-unsaturated/α-hetero) is 1. The van der Waals surface area contributed by atoms with Crippen molar-refractivity contribution in [3.05, 3.63) is 86.6 Å². The lowest BCUT2D eigenvalue weighted by molar-refractivity contribution is -0.118. The summed E-state index contributed by atoms with van der Waals surface area (Å²) < 4.78 is 0. The van der Waals surface area contributed by atoms with Crippen molar-refractivity contribution < 1.29 is 9.59 Å². The highest BCUT2D eigenvalue weighted by molar-refractivity contribution is 6.42. The summed E-state index contributed by atoms with van der Waals surface area (Å²) in [5.41, 5.74) is 10.7. The van der Waals surface area contributed by atoms with Crippen LogP contribution in [-0.2, 0) is 4.79 Å². The van der Waals surface area contributed by atoms with E-state index in [1.165, 1.54) is 11.2 Å². The van der Waals surface area contributed by atoms with Gasteiger partial charge < -0.3 is 5.73 Å². The summed E-state index contributed by atoms with van der Waals surface area (Å²) in [6, 6.07) is 10.4. The number of amides is 1. The Bertz CT molecular complexity index is 1260. The molecule has 0 saturated carbocycles. The summed E-state index contributed by atoms with van der Waals surface area (Å²) >= 11 is 12.7. The molecule has 7 nitrogen and oxygen atoms in total. The summed E-state index contributed by atoms with van der Waals surface area (Å²) in [5.74, 6) is -1.36. The highest BCUT2D eigenvalue weighted by Gasteiger charge is 2.45. The van der Waals surface area contributed by atoms with Crippen molar-refractivity contribution in [2.45, 2.75) is 32.6 Å². The van der Waals surface area contributed by atoms with Gasteiger partial charge in [-0.25, -0.2) is 5.01 Å². The maximum Gasteiger partial charge on any atom is 0.271 e. The molecule has 0 fully saturated rings. The number of hydrogen-bond acceptors (Lipinski definition) is 6. The molecular weight excluding hydrogens is 461 g/mol. The molecule has 1 aliphatic carbocycles. The van der Waals surface area contributed by atoms with Crippen molar-refractivity contribution in [3.63, 3.8) is 0 Å². The molecule has 2 aliphatic rings. The van der Waals surface area contributed by atoms with E-state index in [1.807, 2.05) is 13.8 Å². The number of rotatable bonds is 3. The molecule has 3 N–H and O–H groups in total. The molecule has 1 unspecified atom stereocenters. The molecule has 1 aliphatic heterocycles. The number of pyridine rings is 1. The van der Waals surface area contributed by atoms with Crippen LogP contribution in [0.2, 0.25) is 10.0 Å². The number of nitrogens with one attached hydrogen (secondary N) is 1. The Morgan fingerprint density at radius 2 is 2.03 bits per heavy atom. The zero-order chi connectivity index (χ0) is 23.9. The first-order valence-corrected chi connectivity index (χ1v) is 11.0.